The molecule has 0 saturated carbocycles. The Morgan fingerprint density at radius 3 is 1.07 bits per heavy atom. The molecule has 4 N–H and O–H groups in total. The van der Waals surface area contributed by atoms with Crippen molar-refractivity contribution in [2.24, 2.45) is 20.5 Å². The summed E-state index contributed by atoms with van der Waals surface area (Å²) in [5, 5.41) is 38.2. The van der Waals surface area contributed by atoms with Gasteiger partial charge < -0.3 is 30.7 Å². The van der Waals surface area contributed by atoms with Gasteiger partial charge in [0.05, 0.1) is 57.1 Å². The molecule has 0 bridgehead atoms. The van der Waals surface area contributed by atoms with Crippen molar-refractivity contribution in [2.75, 3.05) is 60.7 Å². The predicted octanol–water partition coefficient (Wildman–Crippen LogP) is 12.7. The smallest absolute Gasteiger partial charge is 0.411 e. The third-order valence-corrected chi connectivity index (χ3v) is 10.8. The minimum absolute atomic E-state index is 0.0382. The van der Waals surface area contributed by atoms with Crippen molar-refractivity contribution in [1.29, 1.82) is 0 Å². The third-order valence-electron chi connectivity index (χ3n) is 10.8. The number of benzene rings is 6. The number of hydrogen-bond donors (Lipinski definition) is 2. The number of anilines is 4. The Labute approximate surface area is 390 Å². The van der Waals surface area contributed by atoms with Crippen LogP contribution in [-0.4, -0.2) is 61.6 Å². The standard InChI is InChI=1S/C47H44F6N10O6/c1-3-60(37-15-7-33(8-16-37)56-58-35-11-19-39(20-12-35)62(64)65)25-27-68-43-23-5-31(29-41(43)54)45(46(48,49)50,47(51,52)53)32-6-24-44(42(55)30-32)69-28-26-61(4-2)38-17-9-34(10-18-38)57-59-36-13-21-40(22-14-36)63(66)67/h5-24,29-30H,3-4,25-28,54-55H2,1-2H3. The summed E-state index contributed by atoms with van der Waals surface area (Å²) in [4.78, 5) is 24.5. The van der Waals surface area contributed by atoms with Crippen molar-refractivity contribution in [3.63, 3.8) is 0 Å². The number of nitro benzene ring substituents is 2. The number of alkyl halides is 6. The first kappa shape index (κ1) is 50.1. The number of ether oxygens (including phenoxy) is 2. The second kappa shape index (κ2) is 21.6. The van der Waals surface area contributed by atoms with Gasteiger partial charge in [0.2, 0.25) is 5.41 Å². The van der Waals surface area contributed by atoms with Gasteiger partial charge in [0.1, 0.15) is 24.7 Å². The van der Waals surface area contributed by atoms with E-state index in [1.54, 1.807) is 48.5 Å². The summed E-state index contributed by atoms with van der Waals surface area (Å²) in [5.74, 6) is -0.249. The molecule has 0 aliphatic carbocycles. The molecule has 22 heteroatoms. The van der Waals surface area contributed by atoms with Crippen molar-refractivity contribution < 1.29 is 45.7 Å². The molecule has 0 heterocycles. The van der Waals surface area contributed by atoms with E-state index in [1.165, 1.54) is 48.5 Å². The number of hydrogen-bond acceptors (Lipinski definition) is 14. The number of rotatable bonds is 20. The number of halogens is 6. The van der Waals surface area contributed by atoms with E-state index in [0.717, 1.165) is 23.5 Å². The van der Waals surface area contributed by atoms with E-state index in [4.69, 9.17) is 20.9 Å². The van der Waals surface area contributed by atoms with Gasteiger partial charge in [0, 0.05) is 48.7 Å². The van der Waals surface area contributed by atoms with E-state index < -0.39 is 50.1 Å². The quantitative estimate of drug-likeness (QED) is 0.0243. The van der Waals surface area contributed by atoms with Crippen LogP contribution in [0.4, 0.5) is 83.2 Å². The monoisotopic (exact) mass is 958 g/mol. The van der Waals surface area contributed by atoms with Crippen molar-refractivity contribution in [2.45, 2.75) is 31.6 Å². The molecule has 0 fully saturated rings. The fourth-order valence-electron chi connectivity index (χ4n) is 7.25. The summed E-state index contributed by atoms with van der Waals surface area (Å²) in [6.07, 6.45) is -11.8. The zero-order chi connectivity index (χ0) is 49.9. The summed E-state index contributed by atoms with van der Waals surface area (Å²) in [6, 6.07) is 29.5. The lowest BCUT2D eigenvalue weighted by Crippen LogP contribution is -2.54. The number of likely N-dealkylation sites (N-methyl/N-ethyl adjacent to an activating group) is 2. The van der Waals surface area contributed by atoms with Gasteiger partial charge in [0.25, 0.3) is 11.4 Å². The third kappa shape index (κ3) is 11.8. The lowest BCUT2D eigenvalue weighted by Gasteiger charge is -2.38. The SMILES string of the molecule is CCN(CCOc1ccc(C(c2ccc(OCCN(CC)c3ccc(N=Nc4ccc([N+](=O)[O-])cc4)cc3)c(N)c2)(C(F)(F)F)C(F)(F)F)cc1N)c1ccc(N=Nc2ccc([N+](=O)[O-])cc2)cc1. The Morgan fingerprint density at radius 1 is 0.507 bits per heavy atom. The molecule has 0 atom stereocenters. The van der Waals surface area contributed by atoms with Crippen LogP contribution in [0.15, 0.2) is 154 Å². The van der Waals surface area contributed by atoms with Gasteiger partial charge in [-0.3, -0.25) is 20.2 Å². The molecule has 6 aromatic rings. The van der Waals surface area contributed by atoms with Crippen LogP contribution in [0.25, 0.3) is 0 Å². The topological polar surface area (TPSA) is 213 Å². The van der Waals surface area contributed by atoms with Crippen LogP contribution in [0, 0.1) is 20.2 Å². The van der Waals surface area contributed by atoms with Gasteiger partial charge in [0.15, 0.2) is 0 Å². The van der Waals surface area contributed by atoms with Gasteiger partial charge in [-0.15, -0.1) is 0 Å². The molecule has 0 aromatic heterocycles. The Hall–Kier alpha value is -8.30. The molecular formula is C47H44F6N10O6. The molecular weight excluding hydrogens is 915 g/mol. The lowest BCUT2D eigenvalue weighted by atomic mass is 9.72. The highest BCUT2D eigenvalue weighted by atomic mass is 19.4. The van der Waals surface area contributed by atoms with Crippen LogP contribution in [0.3, 0.4) is 0 Å². The second-order valence-corrected chi connectivity index (χ2v) is 15.1. The molecule has 6 rings (SSSR count). The van der Waals surface area contributed by atoms with E-state index in [-0.39, 0.29) is 49.2 Å². The molecule has 0 radical (unpaired) electrons. The van der Waals surface area contributed by atoms with Crippen LogP contribution in [0.2, 0.25) is 0 Å². The molecule has 0 amide bonds. The highest BCUT2D eigenvalue weighted by Crippen LogP contribution is 2.57. The Balaban J connectivity index is 1.09. The van der Waals surface area contributed by atoms with E-state index >= 15 is 26.3 Å². The number of non-ortho nitro benzene ring substituents is 2. The first-order valence-electron chi connectivity index (χ1n) is 21.1. The fourth-order valence-corrected chi connectivity index (χ4v) is 7.25. The van der Waals surface area contributed by atoms with E-state index in [1.807, 2.05) is 23.6 Å². The summed E-state index contributed by atoms with van der Waals surface area (Å²) in [7, 11) is 0. The van der Waals surface area contributed by atoms with Crippen LogP contribution in [0.1, 0.15) is 25.0 Å². The normalized spacial score (nSPS) is 12.1. The van der Waals surface area contributed by atoms with E-state index in [2.05, 4.69) is 20.5 Å². The number of azo groups is 2. The minimum Gasteiger partial charge on any atom is -0.490 e. The molecule has 0 spiro atoms. The molecule has 0 unspecified atom stereocenters. The van der Waals surface area contributed by atoms with Crippen LogP contribution < -0.4 is 30.7 Å². The number of nitrogens with zero attached hydrogens (tertiary/aromatic N) is 8. The molecule has 6 aromatic carbocycles. The largest absolute Gasteiger partial charge is 0.490 e. The summed E-state index contributed by atoms with van der Waals surface area (Å²) in [6.45, 7) is 5.20. The van der Waals surface area contributed by atoms with E-state index in [9.17, 15) is 20.2 Å². The summed E-state index contributed by atoms with van der Waals surface area (Å²) >= 11 is 0. The fraction of sp³-hybridized carbons (Fsp3) is 0.234. The Morgan fingerprint density at radius 2 is 0.812 bits per heavy atom. The zero-order valence-corrected chi connectivity index (χ0v) is 36.9. The van der Waals surface area contributed by atoms with Crippen LogP contribution in [-0.2, 0) is 5.41 Å². The molecule has 0 saturated heterocycles. The maximum absolute atomic E-state index is 15.1. The number of nitro groups is 2. The van der Waals surface area contributed by atoms with Gasteiger partial charge >= 0.3 is 12.4 Å². The van der Waals surface area contributed by atoms with Crippen LogP contribution in [0.5, 0.6) is 11.5 Å². The van der Waals surface area contributed by atoms with E-state index in [0.29, 0.717) is 60.1 Å². The Bertz CT molecular complexity index is 2580. The molecule has 0 aliphatic rings. The summed E-state index contributed by atoms with van der Waals surface area (Å²) < 4.78 is 102. The lowest BCUT2D eigenvalue weighted by molar-refractivity contribution is -0.385. The van der Waals surface area contributed by atoms with Crippen molar-refractivity contribution in [3.05, 3.63) is 165 Å². The minimum atomic E-state index is -5.92. The second-order valence-electron chi connectivity index (χ2n) is 15.1. The van der Waals surface area contributed by atoms with Gasteiger partial charge in [-0.2, -0.15) is 46.8 Å². The molecule has 360 valence electrons. The summed E-state index contributed by atoms with van der Waals surface area (Å²) in [5.41, 5.74) is 7.53. The zero-order valence-electron chi connectivity index (χ0n) is 36.9. The first-order chi connectivity index (χ1) is 32.8. The maximum atomic E-state index is 15.1. The Kier molecular flexibility index (Phi) is 15.7. The van der Waals surface area contributed by atoms with Crippen LogP contribution >= 0.6 is 0 Å². The maximum Gasteiger partial charge on any atom is 0.411 e. The number of nitrogens with two attached hydrogens (primary N) is 2. The molecule has 16 nitrogen and oxygen atoms in total. The average molecular weight is 959 g/mol. The van der Waals surface area contributed by atoms with Crippen molar-refractivity contribution >= 4 is 56.9 Å². The molecule has 0 aliphatic heterocycles. The molecule has 69 heavy (non-hydrogen) atoms. The first-order valence-corrected chi connectivity index (χ1v) is 21.1. The predicted molar refractivity (Wildman–Crippen MR) is 249 cm³/mol. The highest BCUT2D eigenvalue weighted by molar-refractivity contribution is 5.62. The van der Waals surface area contributed by atoms with Gasteiger partial charge in [-0.05, 0) is 122 Å². The average Bonchev–Trinajstić information content (AvgIpc) is 3.31. The van der Waals surface area contributed by atoms with Crippen molar-refractivity contribution in [3.8, 4) is 11.5 Å². The van der Waals surface area contributed by atoms with Gasteiger partial charge in [-0.25, -0.2) is 0 Å². The number of nitrogen functional groups attached to an aromatic ring is 2. The van der Waals surface area contributed by atoms with Gasteiger partial charge in [-0.1, -0.05) is 12.1 Å². The van der Waals surface area contributed by atoms with Crippen molar-refractivity contribution in [1.82, 2.24) is 0 Å². The highest BCUT2D eigenvalue weighted by Gasteiger charge is 2.72.